The maximum Gasteiger partial charge on any atom is 0.256 e. The van der Waals surface area contributed by atoms with Crippen molar-refractivity contribution in [2.75, 3.05) is 5.32 Å². The number of thiophene rings is 1. The Kier molecular flexibility index (Phi) is 5.66. The molecule has 2 aromatic heterocycles. The van der Waals surface area contributed by atoms with Crippen LogP contribution in [-0.2, 0) is 12.8 Å². The van der Waals surface area contributed by atoms with Crippen LogP contribution in [0.15, 0.2) is 11.6 Å². The summed E-state index contributed by atoms with van der Waals surface area (Å²) in [5.74, 6) is 0.771. The molecule has 0 bridgehead atoms. The van der Waals surface area contributed by atoms with E-state index in [0.29, 0.717) is 5.69 Å². The molecule has 0 saturated carbocycles. The molecule has 0 saturated heterocycles. The van der Waals surface area contributed by atoms with Crippen molar-refractivity contribution < 1.29 is 4.79 Å². The molecule has 5 heteroatoms. The molecule has 0 aliphatic carbocycles. The molecule has 1 N–H and O–H groups in total. The van der Waals surface area contributed by atoms with Gasteiger partial charge >= 0.3 is 0 Å². The van der Waals surface area contributed by atoms with Gasteiger partial charge < -0.3 is 5.32 Å². The first-order valence-corrected chi connectivity index (χ1v) is 8.65. The Hall–Kier alpha value is -1.75. The molecule has 2 rings (SSSR count). The molecule has 0 atom stereocenters. The van der Waals surface area contributed by atoms with Crippen molar-refractivity contribution in [1.82, 2.24) is 9.97 Å². The fourth-order valence-electron chi connectivity index (χ4n) is 2.39. The summed E-state index contributed by atoms with van der Waals surface area (Å²) < 4.78 is 0. The highest BCUT2D eigenvalue weighted by atomic mass is 32.1. The quantitative estimate of drug-likeness (QED) is 0.863. The third kappa shape index (κ3) is 3.71. The molecule has 118 valence electrons. The van der Waals surface area contributed by atoms with Gasteiger partial charge in [0.1, 0.15) is 5.82 Å². The van der Waals surface area contributed by atoms with E-state index in [4.69, 9.17) is 0 Å². The Morgan fingerprint density at radius 2 is 2.09 bits per heavy atom. The zero-order valence-electron chi connectivity index (χ0n) is 13.7. The molecule has 2 aromatic rings. The van der Waals surface area contributed by atoms with Crippen LogP contribution in [-0.4, -0.2) is 15.9 Å². The zero-order chi connectivity index (χ0) is 16.1. The molecule has 0 unspecified atom stereocenters. The van der Waals surface area contributed by atoms with Crippen LogP contribution in [0.4, 0.5) is 5.69 Å². The monoisotopic (exact) mass is 317 g/mol. The molecule has 0 aliphatic heterocycles. The van der Waals surface area contributed by atoms with Gasteiger partial charge in [-0.15, -0.1) is 11.3 Å². The van der Waals surface area contributed by atoms with Gasteiger partial charge in [-0.3, -0.25) is 4.79 Å². The van der Waals surface area contributed by atoms with Crippen molar-refractivity contribution in [3.63, 3.8) is 0 Å². The lowest BCUT2D eigenvalue weighted by Crippen LogP contribution is -2.15. The average Bonchev–Trinajstić information content (AvgIpc) is 2.88. The predicted molar refractivity (Wildman–Crippen MR) is 91.8 cm³/mol. The Balaban J connectivity index is 2.14. The van der Waals surface area contributed by atoms with Crippen LogP contribution >= 0.6 is 11.3 Å². The number of nitrogens with one attached hydrogen (secondary N) is 1. The molecule has 0 radical (unpaired) electrons. The molecule has 2 heterocycles. The zero-order valence-corrected chi connectivity index (χ0v) is 14.5. The predicted octanol–water partition coefficient (Wildman–Crippen LogP) is 4.31. The van der Waals surface area contributed by atoms with Crippen molar-refractivity contribution in [2.24, 2.45) is 0 Å². The minimum atomic E-state index is -0.0748. The lowest BCUT2D eigenvalue weighted by atomic mass is 10.1. The van der Waals surface area contributed by atoms with Gasteiger partial charge in [0, 0.05) is 16.7 Å². The van der Waals surface area contributed by atoms with E-state index in [1.807, 2.05) is 12.3 Å². The highest BCUT2D eigenvalue weighted by Gasteiger charge is 2.15. The van der Waals surface area contributed by atoms with Gasteiger partial charge in [-0.2, -0.15) is 0 Å². The van der Waals surface area contributed by atoms with Crippen LogP contribution in [0.2, 0.25) is 0 Å². The first-order chi connectivity index (χ1) is 10.6. The topological polar surface area (TPSA) is 54.9 Å². The number of nitrogens with zero attached hydrogens (tertiary/aromatic N) is 2. The molecule has 0 aliphatic rings. The van der Waals surface area contributed by atoms with E-state index in [0.717, 1.165) is 48.3 Å². The molecule has 0 spiro atoms. The number of unbranched alkanes of at least 4 members (excludes halogenated alkanes) is 1. The summed E-state index contributed by atoms with van der Waals surface area (Å²) in [5.41, 5.74) is 3.40. The maximum atomic E-state index is 12.5. The number of hydrogen-bond acceptors (Lipinski definition) is 4. The van der Waals surface area contributed by atoms with Gasteiger partial charge in [-0.05, 0) is 32.3 Å². The maximum absolute atomic E-state index is 12.5. The number of anilines is 1. The number of carbonyl (C=O) groups excluding carboxylic acids is 1. The number of amides is 1. The minimum absolute atomic E-state index is 0.0748. The van der Waals surface area contributed by atoms with Gasteiger partial charge in [0.2, 0.25) is 0 Å². The van der Waals surface area contributed by atoms with E-state index in [2.05, 4.69) is 36.1 Å². The van der Waals surface area contributed by atoms with Crippen molar-refractivity contribution in [2.45, 2.75) is 53.4 Å². The Morgan fingerprint density at radius 1 is 1.32 bits per heavy atom. The molecule has 1 amide bonds. The van der Waals surface area contributed by atoms with Gasteiger partial charge in [0.25, 0.3) is 5.91 Å². The standard InChI is InChI=1S/C17H23N3OS/c1-5-7-8-16-18-9-15(11(3)19-16)20-17(21)14-10-22-12(4)13(14)6-2/h9-10H,5-8H2,1-4H3,(H,20,21). The van der Waals surface area contributed by atoms with Crippen molar-refractivity contribution in [3.8, 4) is 0 Å². The first kappa shape index (κ1) is 16.6. The normalized spacial score (nSPS) is 10.7. The second-order valence-corrected chi connectivity index (χ2v) is 6.46. The van der Waals surface area contributed by atoms with E-state index < -0.39 is 0 Å². The summed E-state index contributed by atoms with van der Waals surface area (Å²) in [6.45, 7) is 8.18. The van der Waals surface area contributed by atoms with E-state index in [9.17, 15) is 4.79 Å². The third-order valence-electron chi connectivity index (χ3n) is 3.73. The summed E-state index contributed by atoms with van der Waals surface area (Å²) in [7, 11) is 0. The highest BCUT2D eigenvalue weighted by molar-refractivity contribution is 7.10. The van der Waals surface area contributed by atoms with Gasteiger partial charge in [-0.25, -0.2) is 9.97 Å². The van der Waals surface area contributed by atoms with Crippen LogP contribution < -0.4 is 5.32 Å². The van der Waals surface area contributed by atoms with Gasteiger partial charge in [0.05, 0.1) is 23.1 Å². The van der Waals surface area contributed by atoms with Crippen molar-refractivity contribution >= 4 is 22.9 Å². The van der Waals surface area contributed by atoms with E-state index >= 15 is 0 Å². The fraction of sp³-hybridized carbons (Fsp3) is 0.471. The SMILES string of the molecule is CCCCc1ncc(NC(=O)c2csc(C)c2CC)c(C)n1. The van der Waals surface area contributed by atoms with Crippen LogP contribution in [0.3, 0.4) is 0 Å². The molecule has 0 fully saturated rings. The van der Waals surface area contributed by atoms with Crippen molar-refractivity contribution in [1.29, 1.82) is 0 Å². The van der Waals surface area contributed by atoms with Crippen LogP contribution in [0.5, 0.6) is 0 Å². The number of carbonyl (C=O) groups is 1. The Morgan fingerprint density at radius 3 is 2.73 bits per heavy atom. The molecule has 0 aromatic carbocycles. The Labute approximate surface area is 136 Å². The smallest absolute Gasteiger partial charge is 0.256 e. The summed E-state index contributed by atoms with van der Waals surface area (Å²) in [5, 5.41) is 4.87. The lowest BCUT2D eigenvalue weighted by Gasteiger charge is -2.09. The summed E-state index contributed by atoms with van der Waals surface area (Å²) in [6.07, 6.45) is 5.67. The van der Waals surface area contributed by atoms with E-state index in [-0.39, 0.29) is 5.91 Å². The third-order valence-corrected chi connectivity index (χ3v) is 4.69. The summed E-state index contributed by atoms with van der Waals surface area (Å²) >= 11 is 1.62. The van der Waals surface area contributed by atoms with Gasteiger partial charge in [0.15, 0.2) is 0 Å². The number of rotatable bonds is 6. The Bertz CT molecular complexity index is 664. The summed E-state index contributed by atoms with van der Waals surface area (Å²) in [6, 6.07) is 0. The van der Waals surface area contributed by atoms with Crippen molar-refractivity contribution in [3.05, 3.63) is 39.1 Å². The van der Waals surface area contributed by atoms with Crippen LogP contribution in [0.25, 0.3) is 0 Å². The molecule has 22 heavy (non-hydrogen) atoms. The average molecular weight is 317 g/mol. The van der Waals surface area contributed by atoms with Gasteiger partial charge in [-0.1, -0.05) is 20.3 Å². The van der Waals surface area contributed by atoms with E-state index in [1.54, 1.807) is 17.5 Å². The molecular weight excluding hydrogens is 294 g/mol. The second kappa shape index (κ2) is 7.49. The summed E-state index contributed by atoms with van der Waals surface area (Å²) in [4.78, 5) is 22.5. The van der Waals surface area contributed by atoms with Crippen LogP contribution in [0, 0.1) is 13.8 Å². The highest BCUT2D eigenvalue weighted by Crippen LogP contribution is 2.23. The second-order valence-electron chi connectivity index (χ2n) is 5.38. The van der Waals surface area contributed by atoms with Crippen LogP contribution in [0.1, 0.15) is 59.0 Å². The number of aryl methyl sites for hydroxylation is 3. The lowest BCUT2D eigenvalue weighted by molar-refractivity contribution is 0.102. The number of hydrogen-bond donors (Lipinski definition) is 1. The first-order valence-electron chi connectivity index (χ1n) is 7.77. The molecular formula is C17H23N3OS. The number of aromatic nitrogens is 2. The largest absolute Gasteiger partial charge is 0.319 e. The molecule has 4 nitrogen and oxygen atoms in total. The van der Waals surface area contributed by atoms with E-state index in [1.165, 1.54) is 4.88 Å². The fourth-order valence-corrected chi connectivity index (χ4v) is 3.33. The minimum Gasteiger partial charge on any atom is -0.319 e.